The van der Waals surface area contributed by atoms with E-state index in [1.54, 1.807) is 4.90 Å². The van der Waals surface area contributed by atoms with E-state index >= 15 is 0 Å². The van der Waals surface area contributed by atoms with Crippen LogP contribution >= 0.6 is 0 Å². The molecular weight excluding hydrogens is 276 g/mol. The summed E-state index contributed by atoms with van der Waals surface area (Å²) < 4.78 is 5.55. The van der Waals surface area contributed by atoms with Crippen LogP contribution in [0.15, 0.2) is 42.5 Å². The summed E-state index contributed by atoms with van der Waals surface area (Å²) in [6.45, 7) is 5.58. The zero-order valence-corrected chi connectivity index (χ0v) is 12.9. The van der Waals surface area contributed by atoms with Crippen molar-refractivity contribution in [3.63, 3.8) is 0 Å². The van der Waals surface area contributed by atoms with Gasteiger partial charge < -0.3 is 15.0 Å². The summed E-state index contributed by atoms with van der Waals surface area (Å²) in [4.78, 5) is 13.5. The molecule has 4 nitrogen and oxygen atoms in total. The summed E-state index contributed by atoms with van der Waals surface area (Å²) >= 11 is 0. The number of likely N-dealkylation sites (N-methyl/N-ethyl adjacent to an activating group) is 1. The molecule has 1 aliphatic rings. The third kappa shape index (κ3) is 2.91. The number of ether oxygens (including phenoxy) is 1. The molecule has 0 spiro atoms. The number of hydrogen-bond donors (Lipinski definition) is 1. The maximum Gasteiger partial charge on any atom is 0.265 e. The van der Waals surface area contributed by atoms with Crippen LogP contribution in [0.25, 0.3) is 0 Å². The van der Waals surface area contributed by atoms with Gasteiger partial charge in [-0.2, -0.15) is 0 Å². The Balaban J connectivity index is 1.73. The van der Waals surface area contributed by atoms with Gasteiger partial charge in [0.15, 0.2) is 6.61 Å². The zero-order chi connectivity index (χ0) is 15.5. The van der Waals surface area contributed by atoms with E-state index in [2.05, 4.69) is 36.5 Å². The van der Waals surface area contributed by atoms with Gasteiger partial charge in [0.05, 0.1) is 5.69 Å². The van der Waals surface area contributed by atoms with Crippen LogP contribution in [0.5, 0.6) is 5.75 Å². The van der Waals surface area contributed by atoms with Crippen LogP contribution in [0, 0.1) is 6.92 Å². The Labute approximate surface area is 130 Å². The van der Waals surface area contributed by atoms with E-state index in [1.807, 2.05) is 25.1 Å². The maximum absolute atomic E-state index is 11.8. The Morgan fingerprint density at radius 3 is 2.68 bits per heavy atom. The molecule has 0 saturated carbocycles. The Hall–Kier alpha value is -2.49. The molecule has 0 atom stereocenters. The fraction of sp³-hybridized carbons (Fsp3) is 0.278. The minimum atomic E-state index is 0.00960. The van der Waals surface area contributed by atoms with E-state index in [-0.39, 0.29) is 12.5 Å². The minimum Gasteiger partial charge on any atom is -0.481 e. The van der Waals surface area contributed by atoms with Crippen molar-refractivity contribution in [2.24, 2.45) is 0 Å². The van der Waals surface area contributed by atoms with Crippen molar-refractivity contribution < 1.29 is 9.53 Å². The molecule has 1 heterocycles. The van der Waals surface area contributed by atoms with Crippen LogP contribution in [0.3, 0.4) is 0 Å². The Morgan fingerprint density at radius 1 is 1.18 bits per heavy atom. The van der Waals surface area contributed by atoms with Gasteiger partial charge in [0.1, 0.15) is 5.75 Å². The molecular formula is C18H20N2O2. The number of rotatable bonds is 4. The highest BCUT2D eigenvalue weighted by Gasteiger charge is 2.24. The van der Waals surface area contributed by atoms with E-state index in [1.165, 1.54) is 11.1 Å². The lowest BCUT2D eigenvalue weighted by Crippen LogP contribution is -2.38. The molecule has 0 aliphatic carbocycles. The van der Waals surface area contributed by atoms with E-state index in [0.717, 1.165) is 23.7 Å². The number of carbonyl (C=O) groups is 1. The predicted molar refractivity (Wildman–Crippen MR) is 88.5 cm³/mol. The Kier molecular flexibility index (Phi) is 4.00. The van der Waals surface area contributed by atoms with Crippen LogP contribution in [0.1, 0.15) is 18.1 Å². The standard InChI is InChI=1S/C18H20N2O2/c1-3-20-16-9-8-15(10-17(16)22-12-18(20)21)19-11-14-6-4-13(2)5-7-14/h4-10,19H,3,11-12H2,1-2H3. The van der Waals surface area contributed by atoms with Crippen LogP contribution in [-0.2, 0) is 11.3 Å². The SMILES string of the molecule is CCN1C(=O)COc2cc(NCc3ccc(C)cc3)ccc21. The maximum atomic E-state index is 11.8. The fourth-order valence-corrected chi connectivity index (χ4v) is 2.57. The van der Waals surface area contributed by atoms with Crippen molar-refractivity contribution in [1.29, 1.82) is 0 Å². The molecule has 2 aromatic carbocycles. The quantitative estimate of drug-likeness (QED) is 0.940. The van der Waals surface area contributed by atoms with Gasteiger partial charge in [-0.3, -0.25) is 4.79 Å². The summed E-state index contributed by atoms with van der Waals surface area (Å²) in [7, 11) is 0. The van der Waals surface area contributed by atoms with Crippen molar-refractivity contribution in [1.82, 2.24) is 0 Å². The Morgan fingerprint density at radius 2 is 1.95 bits per heavy atom. The van der Waals surface area contributed by atoms with Gasteiger partial charge in [-0.25, -0.2) is 0 Å². The lowest BCUT2D eigenvalue weighted by atomic mass is 10.1. The highest BCUT2D eigenvalue weighted by atomic mass is 16.5. The van der Waals surface area contributed by atoms with Crippen LogP contribution in [0.2, 0.25) is 0 Å². The lowest BCUT2D eigenvalue weighted by molar-refractivity contribution is -0.121. The monoisotopic (exact) mass is 296 g/mol. The second kappa shape index (κ2) is 6.10. The summed E-state index contributed by atoms with van der Waals surface area (Å²) in [5.74, 6) is 0.769. The summed E-state index contributed by atoms with van der Waals surface area (Å²) in [5.41, 5.74) is 4.33. The average Bonchev–Trinajstić information content (AvgIpc) is 2.54. The molecule has 2 aromatic rings. The highest BCUT2D eigenvalue weighted by Crippen LogP contribution is 2.34. The number of fused-ring (bicyclic) bond motifs is 1. The molecule has 0 fully saturated rings. The molecule has 114 valence electrons. The normalized spacial score (nSPS) is 13.5. The first-order valence-corrected chi connectivity index (χ1v) is 7.54. The molecule has 22 heavy (non-hydrogen) atoms. The third-order valence-electron chi connectivity index (χ3n) is 3.84. The number of aryl methyl sites for hydroxylation is 1. The van der Waals surface area contributed by atoms with Crippen LogP contribution in [0.4, 0.5) is 11.4 Å². The number of anilines is 2. The van der Waals surface area contributed by atoms with Gasteiger partial charge in [0, 0.05) is 24.8 Å². The molecule has 1 aliphatic heterocycles. The van der Waals surface area contributed by atoms with Crippen molar-refractivity contribution in [2.75, 3.05) is 23.4 Å². The molecule has 0 saturated heterocycles. The number of amides is 1. The molecule has 0 radical (unpaired) electrons. The summed E-state index contributed by atoms with van der Waals surface area (Å²) in [6, 6.07) is 14.3. The third-order valence-corrected chi connectivity index (χ3v) is 3.84. The van der Waals surface area contributed by atoms with Crippen molar-refractivity contribution in [3.8, 4) is 5.75 Å². The molecule has 1 amide bonds. The van der Waals surface area contributed by atoms with Crippen LogP contribution < -0.4 is 15.0 Å². The molecule has 1 N–H and O–H groups in total. The largest absolute Gasteiger partial charge is 0.481 e. The number of nitrogens with zero attached hydrogens (tertiary/aromatic N) is 1. The molecule has 0 unspecified atom stereocenters. The first-order chi connectivity index (χ1) is 10.7. The van der Waals surface area contributed by atoms with Gasteiger partial charge >= 0.3 is 0 Å². The van der Waals surface area contributed by atoms with Crippen molar-refractivity contribution in [3.05, 3.63) is 53.6 Å². The summed E-state index contributed by atoms with van der Waals surface area (Å²) in [5, 5.41) is 3.39. The molecule has 4 heteroatoms. The highest BCUT2D eigenvalue weighted by molar-refractivity contribution is 5.98. The number of nitrogens with one attached hydrogen (secondary N) is 1. The van der Waals surface area contributed by atoms with Gasteiger partial charge in [0.25, 0.3) is 5.91 Å². The van der Waals surface area contributed by atoms with Gasteiger partial charge in [-0.05, 0) is 31.5 Å². The van der Waals surface area contributed by atoms with E-state index < -0.39 is 0 Å². The molecule has 0 aromatic heterocycles. The fourth-order valence-electron chi connectivity index (χ4n) is 2.57. The molecule has 0 bridgehead atoms. The number of carbonyl (C=O) groups excluding carboxylic acids is 1. The lowest BCUT2D eigenvalue weighted by Gasteiger charge is -2.28. The van der Waals surface area contributed by atoms with Gasteiger partial charge in [-0.1, -0.05) is 29.8 Å². The van der Waals surface area contributed by atoms with Crippen molar-refractivity contribution in [2.45, 2.75) is 20.4 Å². The van der Waals surface area contributed by atoms with E-state index in [0.29, 0.717) is 6.54 Å². The topological polar surface area (TPSA) is 41.6 Å². The second-order valence-electron chi connectivity index (χ2n) is 5.45. The number of benzene rings is 2. The van der Waals surface area contributed by atoms with Crippen molar-refractivity contribution >= 4 is 17.3 Å². The van der Waals surface area contributed by atoms with E-state index in [9.17, 15) is 4.79 Å². The van der Waals surface area contributed by atoms with Crippen LogP contribution in [-0.4, -0.2) is 19.1 Å². The minimum absolute atomic E-state index is 0.00960. The van der Waals surface area contributed by atoms with Gasteiger partial charge in [0.2, 0.25) is 0 Å². The second-order valence-corrected chi connectivity index (χ2v) is 5.45. The molecule has 3 rings (SSSR count). The average molecular weight is 296 g/mol. The Bertz CT molecular complexity index is 680. The first kappa shape index (κ1) is 14.4. The first-order valence-electron chi connectivity index (χ1n) is 7.54. The summed E-state index contributed by atoms with van der Waals surface area (Å²) in [6.07, 6.45) is 0. The smallest absolute Gasteiger partial charge is 0.265 e. The predicted octanol–water partition coefficient (Wildman–Crippen LogP) is 3.35. The van der Waals surface area contributed by atoms with Gasteiger partial charge in [-0.15, -0.1) is 0 Å². The van der Waals surface area contributed by atoms with E-state index in [4.69, 9.17) is 4.74 Å². The zero-order valence-electron chi connectivity index (χ0n) is 12.9. The number of hydrogen-bond acceptors (Lipinski definition) is 3.